The quantitative estimate of drug-likeness (QED) is 0.460. The second kappa shape index (κ2) is 4.37. The smallest absolute Gasteiger partial charge is 0.0143 e. The minimum absolute atomic E-state index is 0.438. The third-order valence-electron chi connectivity index (χ3n) is 7.27. The Labute approximate surface area is 126 Å². The van der Waals surface area contributed by atoms with Crippen LogP contribution in [0.15, 0.2) is 11.6 Å². The first-order valence-corrected chi connectivity index (χ1v) is 8.88. The van der Waals surface area contributed by atoms with E-state index in [1.165, 1.54) is 38.5 Å². The Hall–Kier alpha value is -0.260. The molecule has 2 fully saturated rings. The zero-order chi connectivity index (χ0) is 14.8. The summed E-state index contributed by atoms with van der Waals surface area (Å²) in [5.74, 6) is 2.63. The van der Waals surface area contributed by atoms with Crippen molar-refractivity contribution in [3.05, 3.63) is 11.6 Å². The number of fused-ring (bicyclic) bond motifs is 3. The monoisotopic (exact) mass is 274 g/mol. The summed E-state index contributed by atoms with van der Waals surface area (Å²) >= 11 is 0. The van der Waals surface area contributed by atoms with Crippen molar-refractivity contribution >= 4 is 0 Å². The molecule has 20 heavy (non-hydrogen) atoms. The summed E-state index contributed by atoms with van der Waals surface area (Å²) in [6, 6.07) is 0. The minimum atomic E-state index is 0.438. The van der Waals surface area contributed by atoms with Gasteiger partial charge in [0.2, 0.25) is 0 Å². The number of rotatable bonds is 0. The topological polar surface area (TPSA) is 0 Å². The molecule has 0 aromatic carbocycles. The summed E-state index contributed by atoms with van der Waals surface area (Å²) < 4.78 is 0. The first kappa shape index (κ1) is 14.7. The summed E-state index contributed by atoms with van der Waals surface area (Å²) in [7, 11) is 0. The largest absolute Gasteiger partial charge is 0.0791 e. The van der Waals surface area contributed by atoms with Crippen molar-refractivity contribution in [1.29, 1.82) is 0 Å². The fourth-order valence-corrected chi connectivity index (χ4v) is 6.16. The van der Waals surface area contributed by atoms with Gasteiger partial charge in [0, 0.05) is 0 Å². The normalized spacial score (nSPS) is 46.1. The van der Waals surface area contributed by atoms with Crippen LogP contribution < -0.4 is 0 Å². The summed E-state index contributed by atoms with van der Waals surface area (Å²) in [5.41, 5.74) is 3.40. The molecule has 0 nitrogen and oxygen atoms in total. The molecule has 114 valence electrons. The van der Waals surface area contributed by atoms with Gasteiger partial charge < -0.3 is 0 Å². The molecule has 0 spiro atoms. The van der Waals surface area contributed by atoms with Gasteiger partial charge in [-0.15, -0.1) is 0 Å². The van der Waals surface area contributed by atoms with Crippen molar-refractivity contribution in [2.75, 3.05) is 0 Å². The van der Waals surface area contributed by atoms with Crippen molar-refractivity contribution in [3.8, 4) is 0 Å². The second-order valence-corrected chi connectivity index (χ2v) is 9.76. The maximum Gasteiger partial charge on any atom is -0.0143 e. The lowest BCUT2D eigenvalue weighted by Crippen LogP contribution is -2.52. The standard InChI is InChI=1S/C20H34/c1-14-12-17-19(4,5)9-7-10-20(17,6)16-8-11-18(2,3)13-15(14)16/h13-14,16-17H,7-12H2,1-6H3. The maximum atomic E-state index is 2.68. The van der Waals surface area contributed by atoms with Crippen LogP contribution in [0, 0.1) is 34.0 Å². The van der Waals surface area contributed by atoms with Crippen LogP contribution in [0.2, 0.25) is 0 Å². The molecule has 0 bridgehead atoms. The molecule has 0 heterocycles. The van der Waals surface area contributed by atoms with Gasteiger partial charge in [-0.25, -0.2) is 0 Å². The van der Waals surface area contributed by atoms with Crippen LogP contribution in [-0.4, -0.2) is 0 Å². The molecule has 0 aliphatic heterocycles. The van der Waals surface area contributed by atoms with Gasteiger partial charge in [-0.05, 0) is 66.1 Å². The SMILES string of the molecule is CC1CC2C(C)(C)CCCC2(C)C2CCC(C)(C)C=C12. The highest BCUT2D eigenvalue weighted by atomic mass is 14.6. The van der Waals surface area contributed by atoms with E-state index in [1.54, 1.807) is 0 Å². The Balaban J connectivity index is 2.02. The third kappa shape index (κ3) is 2.09. The average molecular weight is 274 g/mol. The van der Waals surface area contributed by atoms with Crippen molar-refractivity contribution in [2.45, 2.75) is 80.1 Å². The predicted molar refractivity (Wildman–Crippen MR) is 87.6 cm³/mol. The molecule has 4 atom stereocenters. The van der Waals surface area contributed by atoms with Crippen molar-refractivity contribution in [3.63, 3.8) is 0 Å². The van der Waals surface area contributed by atoms with E-state index >= 15 is 0 Å². The molecule has 2 saturated carbocycles. The van der Waals surface area contributed by atoms with Gasteiger partial charge in [-0.1, -0.05) is 59.6 Å². The Bertz CT molecular complexity index is 425. The molecule has 0 aromatic rings. The Morgan fingerprint density at radius 3 is 2.40 bits per heavy atom. The van der Waals surface area contributed by atoms with Crippen LogP contribution in [0.5, 0.6) is 0 Å². The second-order valence-electron chi connectivity index (χ2n) is 9.76. The molecule has 4 unspecified atom stereocenters. The highest BCUT2D eigenvalue weighted by molar-refractivity contribution is 5.25. The lowest BCUT2D eigenvalue weighted by Gasteiger charge is -2.61. The molecule has 0 amide bonds. The van der Waals surface area contributed by atoms with E-state index in [4.69, 9.17) is 0 Å². The first-order chi connectivity index (χ1) is 9.16. The fourth-order valence-electron chi connectivity index (χ4n) is 6.16. The highest BCUT2D eigenvalue weighted by Crippen LogP contribution is 2.64. The van der Waals surface area contributed by atoms with E-state index in [0.717, 1.165) is 17.8 Å². The van der Waals surface area contributed by atoms with Gasteiger partial charge in [0.1, 0.15) is 0 Å². The van der Waals surface area contributed by atoms with Crippen LogP contribution >= 0.6 is 0 Å². The Morgan fingerprint density at radius 2 is 1.70 bits per heavy atom. The molecule has 3 rings (SSSR count). The minimum Gasteiger partial charge on any atom is -0.0791 e. The maximum absolute atomic E-state index is 2.68. The molecular formula is C20H34. The van der Waals surface area contributed by atoms with Gasteiger partial charge in [0.15, 0.2) is 0 Å². The molecule has 0 aromatic heterocycles. The molecular weight excluding hydrogens is 240 g/mol. The lowest BCUT2D eigenvalue weighted by atomic mass is 9.44. The van der Waals surface area contributed by atoms with Gasteiger partial charge in [0.05, 0.1) is 0 Å². The molecule has 0 radical (unpaired) electrons. The molecule has 0 heteroatoms. The number of hydrogen-bond donors (Lipinski definition) is 0. The molecule has 0 N–H and O–H groups in total. The fraction of sp³-hybridized carbons (Fsp3) is 0.900. The summed E-state index contributed by atoms with van der Waals surface area (Å²) in [4.78, 5) is 0. The lowest BCUT2D eigenvalue weighted by molar-refractivity contribution is -0.0708. The Kier molecular flexibility index (Phi) is 3.20. The molecule has 3 aliphatic rings. The van der Waals surface area contributed by atoms with E-state index in [1.807, 2.05) is 5.57 Å². The predicted octanol–water partition coefficient (Wildman–Crippen LogP) is 6.22. The third-order valence-corrected chi connectivity index (χ3v) is 7.27. The summed E-state index contributed by atoms with van der Waals surface area (Å²) in [6.07, 6.45) is 11.3. The van der Waals surface area contributed by atoms with Crippen LogP contribution in [0.25, 0.3) is 0 Å². The van der Waals surface area contributed by atoms with Crippen molar-refractivity contribution in [1.82, 2.24) is 0 Å². The van der Waals surface area contributed by atoms with E-state index < -0.39 is 0 Å². The number of allylic oxidation sites excluding steroid dienone is 2. The van der Waals surface area contributed by atoms with Gasteiger partial charge in [-0.2, -0.15) is 0 Å². The molecule has 0 saturated heterocycles. The zero-order valence-corrected chi connectivity index (χ0v) is 14.6. The van der Waals surface area contributed by atoms with Gasteiger partial charge in [-0.3, -0.25) is 0 Å². The van der Waals surface area contributed by atoms with Crippen LogP contribution in [0.4, 0.5) is 0 Å². The summed E-state index contributed by atoms with van der Waals surface area (Å²) in [6.45, 7) is 15.1. The van der Waals surface area contributed by atoms with Gasteiger partial charge >= 0.3 is 0 Å². The average Bonchev–Trinajstić information content (AvgIpc) is 2.31. The van der Waals surface area contributed by atoms with E-state index in [2.05, 4.69) is 47.6 Å². The summed E-state index contributed by atoms with van der Waals surface area (Å²) in [5, 5.41) is 0. The first-order valence-electron chi connectivity index (χ1n) is 8.88. The number of hydrogen-bond acceptors (Lipinski definition) is 0. The van der Waals surface area contributed by atoms with E-state index in [0.29, 0.717) is 16.2 Å². The van der Waals surface area contributed by atoms with Crippen LogP contribution in [0.3, 0.4) is 0 Å². The van der Waals surface area contributed by atoms with Crippen molar-refractivity contribution in [2.24, 2.45) is 34.0 Å². The van der Waals surface area contributed by atoms with E-state index in [9.17, 15) is 0 Å². The van der Waals surface area contributed by atoms with E-state index in [-0.39, 0.29) is 0 Å². The zero-order valence-electron chi connectivity index (χ0n) is 14.6. The van der Waals surface area contributed by atoms with Crippen LogP contribution in [-0.2, 0) is 0 Å². The Morgan fingerprint density at radius 1 is 1.00 bits per heavy atom. The van der Waals surface area contributed by atoms with Crippen molar-refractivity contribution < 1.29 is 0 Å². The highest BCUT2D eigenvalue weighted by Gasteiger charge is 2.55. The van der Waals surface area contributed by atoms with Gasteiger partial charge in [0.25, 0.3) is 0 Å². The van der Waals surface area contributed by atoms with Crippen LogP contribution in [0.1, 0.15) is 80.1 Å². The molecule has 3 aliphatic carbocycles.